The highest BCUT2D eigenvalue weighted by Gasteiger charge is 2.34. The smallest absolute Gasteiger partial charge is 0.398 e. The van der Waals surface area contributed by atoms with Crippen molar-refractivity contribution in [3.05, 3.63) is 27.7 Å². The van der Waals surface area contributed by atoms with E-state index >= 15 is 0 Å². The van der Waals surface area contributed by atoms with E-state index in [1.165, 1.54) is 0 Å². The van der Waals surface area contributed by atoms with Crippen LogP contribution in [0.15, 0.2) is 16.6 Å². The number of nitrogens with two attached hydrogens (primary N) is 2. The van der Waals surface area contributed by atoms with Gasteiger partial charge >= 0.3 is 6.18 Å². The zero-order chi connectivity index (χ0) is 11.8. The Bertz CT molecular complexity index is 417. The van der Waals surface area contributed by atoms with Crippen LogP contribution in [0.5, 0.6) is 0 Å². The van der Waals surface area contributed by atoms with Gasteiger partial charge in [-0.25, -0.2) is 0 Å². The Morgan fingerprint density at radius 2 is 1.87 bits per heavy atom. The molecule has 0 bridgehead atoms. The number of rotatable bonds is 1. The first kappa shape index (κ1) is 11.8. The van der Waals surface area contributed by atoms with Crippen LogP contribution in [-0.4, -0.2) is 5.91 Å². The lowest BCUT2D eigenvalue weighted by Crippen LogP contribution is -2.17. The van der Waals surface area contributed by atoms with Gasteiger partial charge in [0, 0.05) is 10.2 Å². The maximum atomic E-state index is 12.4. The van der Waals surface area contributed by atoms with E-state index in [9.17, 15) is 18.0 Å². The molecule has 0 aliphatic carbocycles. The third kappa shape index (κ3) is 2.23. The number of amides is 1. The van der Waals surface area contributed by atoms with E-state index in [2.05, 4.69) is 15.9 Å². The predicted octanol–water partition coefficient (Wildman–Crippen LogP) is 2.15. The van der Waals surface area contributed by atoms with Gasteiger partial charge in [-0.3, -0.25) is 4.79 Å². The second-order valence-electron chi connectivity index (χ2n) is 2.75. The molecule has 0 unspecified atom stereocenters. The highest BCUT2D eigenvalue weighted by Crippen LogP contribution is 2.38. The Kier molecular flexibility index (Phi) is 2.94. The molecule has 3 nitrogen and oxygen atoms in total. The fourth-order valence-corrected chi connectivity index (χ4v) is 1.84. The molecule has 0 fully saturated rings. The summed E-state index contributed by atoms with van der Waals surface area (Å²) in [7, 11) is 0. The second-order valence-corrected chi connectivity index (χ2v) is 3.55. The SMILES string of the molecule is NC(=O)c1c(N)ccc(C(F)(F)F)c1Br. The molecule has 0 aromatic heterocycles. The number of nitrogen functional groups attached to an aromatic ring is 1. The van der Waals surface area contributed by atoms with E-state index in [1.54, 1.807) is 0 Å². The summed E-state index contributed by atoms with van der Waals surface area (Å²) in [5.74, 6) is -1.01. The van der Waals surface area contributed by atoms with Gasteiger partial charge in [0.15, 0.2) is 0 Å². The lowest BCUT2D eigenvalue weighted by atomic mass is 10.1. The van der Waals surface area contributed by atoms with Crippen LogP contribution in [-0.2, 0) is 6.18 Å². The first-order valence-electron chi connectivity index (χ1n) is 3.70. The van der Waals surface area contributed by atoms with Crippen LogP contribution in [0.1, 0.15) is 15.9 Å². The van der Waals surface area contributed by atoms with Gasteiger partial charge in [0.2, 0.25) is 0 Å². The Morgan fingerprint density at radius 1 is 1.33 bits per heavy atom. The Balaban J connectivity index is 3.49. The van der Waals surface area contributed by atoms with Crippen molar-refractivity contribution in [2.45, 2.75) is 6.18 Å². The Morgan fingerprint density at radius 3 is 2.27 bits per heavy atom. The van der Waals surface area contributed by atoms with E-state index in [-0.39, 0.29) is 11.3 Å². The molecule has 0 saturated carbocycles. The van der Waals surface area contributed by atoms with Crippen LogP contribution in [0.4, 0.5) is 18.9 Å². The number of alkyl halides is 3. The predicted molar refractivity (Wildman–Crippen MR) is 52.1 cm³/mol. The zero-order valence-electron chi connectivity index (χ0n) is 7.23. The van der Waals surface area contributed by atoms with Gasteiger partial charge in [-0.2, -0.15) is 13.2 Å². The quantitative estimate of drug-likeness (QED) is 0.775. The largest absolute Gasteiger partial charge is 0.417 e. The molecule has 0 aliphatic heterocycles. The number of hydrogen-bond donors (Lipinski definition) is 2. The lowest BCUT2D eigenvalue weighted by molar-refractivity contribution is -0.138. The van der Waals surface area contributed by atoms with Crippen molar-refractivity contribution in [3.63, 3.8) is 0 Å². The number of halogens is 4. The second kappa shape index (κ2) is 3.73. The third-order valence-electron chi connectivity index (χ3n) is 1.73. The summed E-state index contributed by atoms with van der Waals surface area (Å²) < 4.78 is 36.8. The summed E-state index contributed by atoms with van der Waals surface area (Å²) in [6, 6.07) is 1.78. The number of hydrogen-bond acceptors (Lipinski definition) is 2. The van der Waals surface area contributed by atoms with E-state index < -0.39 is 22.1 Å². The molecular weight excluding hydrogens is 277 g/mol. The molecule has 0 aliphatic rings. The molecule has 0 radical (unpaired) electrons. The standard InChI is InChI=1S/C8H6BrF3N2O/c9-6-3(8(10,11)12)1-2-4(13)5(6)7(14)15/h1-2H,13H2,(H2,14,15). The average molecular weight is 283 g/mol. The van der Waals surface area contributed by atoms with Crippen molar-refractivity contribution in [2.75, 3.05) is 5.73 Å². The Hall–Kier alpha value is -1.24. The Labute approximate surface area is 91.4 Å². The fraction of sp³-hybridized carbons (Fsp3) is 0.125. The molecular formula is C8H6BrF3N2O. The van der Waals surface area contributed by atoms with Gasteiger partial charge in [0.05, 0.1) is 11.1 Å². The van der Waals surface area contributed by atoms with E-state index in [1.807, 2.05) is 0 Å². The normalized spacial score (nSPS) is 11.5. The van der Waals surface area contributed by atoms with Crippen molar-refractivity contribution in [1.29, 1.82) is 0 Å². The molecule has 1 rings (SSSR count). The van der Waals surface area contributed by atoms with Gasteiger partial charge in [-0.15, -0.1) is 0 Å². The van der Waals surface area contributed by atoms with Crippen LogP contribution in [0.25, 0.3) is 0 Å². The number of carbonyl (C=O) groups excluding carboxylic acids is 1. The molecule has 15 heavy (non-hydrogen) atoms. The van der Waals surface area contributed by atoms with Crippen molar-refractivity contribution >= 4 is 27.5 Å². The zero-order valence-corrected chi connectivity index (χ0v) is 8.82. The average Bonchev–Trinajstić information content (AvgIpc) is 2.00. The summed E-state index contributed by atoms with van der Waals surface area (Å²) in [6.45, 7) is 0. The molecule has 1 aromatic rings. The lowest BCUT2D eigenvalue weighted by Gasteiger charge is -2.12. The van der Waals surface area contributed by atoms with Crippen molar-refractivity contribution in [2.24, 2.45) is 5.73 Å². The monoisotopic (exact) mass is 282 g/mol. The van der Waals surface area contributed by atoms with Crippen LogP contribution in [0.3, 0.4) is 0 Å². The fourth-order valence-electron chi connectivity index (χ4n) is 1.06. The molecule has 4 N–H and O–H groups in total. The first-order valence-corrected chi connectivity index (χ1v) is 4.49. The maximum absolute atomic E-state index is 12.4. The maximum Gasteiger partial charge on any atom is 0.417 e. The van der Waals surface area contributed by atoms with Crippen LogP contribution in [0, 0.1) is 0 Å². The highest BCUT2D eigenvalue weighted by molar-refractivity contribution is 9.10. The topological polar surface area (TPSA) is 69.1 Å². The summed E-state index contributed by atoms with van der Waals surface area (Å²) in [4.78, 5) is 10.9. The molecule has 1 aromatic carbocycles. The van der Waals surface area contributed by atoms with Gasteiger partial charge in [-0.1, -0.05) is 0 Å². The van der Waals surface area contributed by atoms with Crippen LogP contribution in [0.2, 0.25) is 0 Å². The molecule has 0 spiro atoms. The first-order chi connectivity index (χ1) is 6.75. The van der Waals surface area contributed by atoms with E-state index in [0.717, 1.165) is 12.1 Å². The van der Waals surface area contributed by atoms with Gasteiger partial charge < -0.3 is 11.5 Å². The molecule has 0 saturated heterocycles. The molecule has 7 heteroatoms. The van der Waals surface area contributed by atoms with Crippen LogP contribution >= 0.6 is 15.9 Å². The minimum Gasteiger partial charge on any atom is -0.398 e. The summed E-state index contributed by atoms with van der Waals surface area (Å²) in [5.41, 5.74) is 8.81. The highest BCUT2D eigenvalue weighted by atomic mass is 79.9. The number of primary amides is 1. The van der Waals surface area contributed by atoms with Crippen molar-refractivity contribution in [1.82, 2.24) is 0 Å². The van der Waals surface area contributed by atoms with Gasteiger partial charge in [0.25, 0.3) is 5.91 Å². The molecule has 82 valence electrons. The van der Waals surface area contributed by atoms with Gasteiger partial charge in [0.1, 0.15) is 0 Å². The molecule has 0 atom stereocenters. The minimum absolute atomic E-state index is 0.0950. The van der Waals surface area contributed by atoms with Gasteiger partial charge in [-0.05, 0) is 28.1 Å². The molecule has 1 amide bonds. The number of benzene rings is 1. The van der Waals surface area contributed by atoms with Crippen molar-refractivity contribution < 1.29 is 18.0 Å². The number of carbonyl (C=O) groups is 1. The summed E-state index contributed by atoms with van der Waals surface area (Å²) in [5, 5.41) is 0. The van der Waals surface area contributed by atoms with E-state index in [4.69, 9.17) is 11.5 Å². The van der Waals surface area contributed by atoms with Crippen LogP contribution < -0.4 is 11.5 Å². The van der Waals surface area contributed by atoms with E-state index in [0.29, 0.717) is 0 Å². The third-order valence-corrected chi connectivity index (χ3v) is 2.55. The van der Waals surface area contributed by atoms with Crippen molar-refractivity contribution in [3.8, 4) is 0 Å². The minimum atomic E-state index is -4.56. The summed E-state index contributed by atoms with van der Waals surface area (Å²) >= 11 is 2.67. The number of anilines is 1. The summed E-state index contributed by atoms with van der Waals surface area (Å²) in [6.07, 6.45) is -4.56. The molecule has 0 heterocycles.